The number of halogens is 1. The Morgan fingerprint density at radius 3 is 2.71 bits per heavy atom. The molecule has 0 saturated heterocycles. The van der Waals surface area contributed by atoms with Gasteiger partial charge in [0.15, 0.2) is 0 Å². The molecule has 0 spiro atoms. The van der Waals surface area contributed by atoms with Crippen LogP contribution < -0.4 is 10.6 Å². The number of hydrogen-bond acceptors (Lipinski definition) is 3. The van der Waals surface area contributed by atoms with Crippen molar-refractivity contribution < 1.29 is 9.18 Å². The number of rotatable bonds is 5. The molecule has 0 atom stereocenters. The maximum Gasteiger partial charge on any atom is 0.255 e. The minimum absolute atomic E-state index is 0.197. The molecule has 21 heavy (non-hydrogen) atoms. The number of carbonyl (C=O) groups excluding carboxylic acids is 1. The first-order chi connectivity index (χ1) is 10.2. The van der Waals surface area contributed by atoms with E-state index in [1.807, 2.05) is 6.92 Å². The van der Waals surface area contributed by atoms with Gasteiger partial charge in [0, 0.05) is 12.6 Å². The minimum Gasteiger partial charge on any atom is -0.369 e. The smallest absolute Gasteiger partial charge is 0.255 e. The second-order valence-electron chi connectivity index (χ2n) is 5.64. The zero-order valence-corrected chi connectivity index (χ0v) is 12.6. The Bertz CT molecular complexity index is 471. The molecule has 1 saturated carbocycles. The van der Waals surface area contributed by atoms with Gasteiger partial charge in [0.1, 0.15) is 11.6 Å². The largest absolute Gasteiger partial charge is 0.369 e. The molecule has 0 radical (unpaired) electrons. The molecule has 5 heteroatoms. The molecule has 1 heterocycles. The molecule has 1 aromatic heterocycles. The summed E-state index contributed by atoms with van der Waals surface area (Å²) in [7, 11) is 0. The van der Waals surface area contributed by atoms with Gasteiger partial charge in [-0.3, -0.25) is 4.79 Å². The molecular formula is C16H24FN3O. The summed E-state index contributed by atoms with van der Waals surface area (Å²) >= 11 is 0. The van der Waals surface area contributed by atoms with E-state index in [0.717, 1.165) is 38.3 Å². The average molecular weight is 293 g/mol. The van der Waals surface area contributed by atoms with Crippen molar-refractivity contribution in [1.82, 2.24) is 10.3 Å². The van der Waals surface area contributed by atoms with Crippen LogP contribution in [0.1, 0.15) is 62.2 Å². The normalized spacial score (nSPS) is 16.3. The summed E-state index contributed by atoms with van der Waals surface area (Å²) in [4.78, 5) is 16.4. The van der Waals surface area contributed by atoms with Crippen molar-refractivity contribution in [2.45, 2.75) is 57.9 Å². The summed E-state index contributed by atoms with van der Waals surface area (Å²) in [5, 5.41) is 6.12. The van der Waals surface area contributed by atoms with Gasteiger partial charge in [-0.25, -0.2) is 9.37 Å². The third kappa shape index (κ3) is 4.69. The predicted molar refractivity (Wildman–Crippen MR) is 81.9 cm³/mol. The third-order valence-corrected chi connectivity index (χ3v) is 3.83. The van der Waals surface area contributed by atoms with Gasteiger partial charge in [-0.15, -0.1) is 0 Å². The Labute approximate surface area is 125 Å². The number of amides is 1. The van der Waals surface area contributed by atoms with Crippen molar-refractivity contribution in [2.24, 2.45) is 0 Å². The summed E-state index contributed by atoms with van der Waals surface area (Å²) in [6.07, 6.45) is 8.83. The highest BCUT2D eigenvalue weighted by atomic mass is 19.1. The molecule has 116 valence electrons. The number of aromatic nitrogens is 1. The monoisotopic (exact) mass is 293 g/mol. The first-order valence-electron chi connectivity index (χ1n) is 7.91. The highest BCUT2D eigenvalue weighted by Gasteiger charge is 2.19. The molecule has 0 unspecified atom stereocenters. The fraction of sp³-hybridized carbons (Fsp3) is 0.625. The molecule has 4 nitrogen and oxygen atoms in total. The number of anilines is 1. The molecule has 0 aliphatic heterocycles. The average Bonchev–Trinajstić information content (AvgIpc) is 2.74. The van der Waals surface area contributed by atoms with Crippen molar-refractivity contribution >= 4 is 11.7 Å². The lowest BCUT2D eigenvalue weighted by Gasteiger charge is -2.17. The molecule has 1 aliphatic rings. The Balaban J connectivity index is 2.07. The fourth-order valence-electron chi connectivity index (χ4n) is 2.68. The van der Waals surface area contributed by atoms with Crippen LogP contribution in [0.3, 0.4) is 0 Å². The number of nitrogens with one attached hydrogen (secondary N) is 2. The quantitative estimate of drug-likeness (QED) is 0.817. The molecule has 1 amide bonds. The molecule has 0 bridgehead atoms. The van der Waals surface area contributed by atoms with Crippen LogP contribution in [0, 0.1) is 5.82 Å². The fourth-order valence-corrected chi connectivity index (χ4v) is 2.68. The van der Waals surface area contributed by atoms with Gasteiger partial charge in [-0.2, -0.15) is 0 Å². The van der Waals surface area contributed by atoms with Crippen LogP contribution in [0.25, 0.3) is 0 Å². The molecule has 1 aromatic rings. The van der Waals surface area contributed by atoms with E-state index in [1.54, 1.807) is 0 Å². The van der Waals surface area contributed by atoms with Crippen molar-refractivity contribution in [2.75, 3.05) is 11.9 Å². The molecule has 1 aliphatic carbocycles. The number of hydrogen-bond donors (Lipinski definition) is 2. The molecule has 2 N–H and O–H groups in total. The standard InChI is InChI=1S/C16H24FN3O/c1-2-9-18-15-14(10-12(17)11-19-15)16(21)20-13-7-5-3-4-6-8-13/h10-11,13H,2-9H2,1H3,(H,18,19)(H,20,21). The first-order valence-corrected chi connectivity index (χ1v) is 7.91. The van der Waals surface area contributed by atoms with Crippen LogP contribution >= 0.6 is 0 Å². The van der Waals surface area contributed by atoms with Crippen molar-refractivity contribution in [3.8, 4) is 0 Å². The number of pyridine rings is 1. The van der Waals surface area contributed by atoms with Gasteiger partial charge in [0.25, 0.3) is 5.91 Å². The lowest BCUT2D eigenvalue weighted by atomic mass is 10.1. The summed E-state index contributed by atoms with van der Waals surface area (Å²) < 4.78 is 13.4. The van der Waals surface area contributed by atoms with E-state index in [1.165, 1.54) is 18.9 Å². The van der Waals surface area contributed by atoms with Gasteiger partial charge in [-0.1, -0.05) is 32.6 Å². The van der Waals surface area contributed by atoms with Crippen LogP contribution in [-0.4, -0.2) is 23.5 Å². The third-order valence-electron chi connectivity index (χ3n) is 3.83. The van der Waals surface area contributed by atoms with Crippen molar-refractivity contribution in [3.05, 3.63) is 23.6 Å². The second kappa shape index (κ2) is 7.96. The van der Waals surface area contributed by atoms with Crippen molar-refractivity contribution in [3.63, 3.8) is 0 Å². The summed E-state index contributed by atoms with van der Waals surface area (Å²) in [5.74, 6) is -0.250. The number of nitrogens with zero attached hydrogens (tertiary/aromatic N) is 1. The lowest BCUT2D eigenvalue weighted by Crippen LogP contribution is -2.35. The van der Waals surface area contributed by atoms with E-state index in [0.29, 0.717) is 17.9 Å². The summed E-state index contributed by atoms with van der Waals surface area (Å²) in [5.41, 5.74) is 0.299. The van der Waals surface area contributed by atoms with E-state index in [4.69, 9.17) is 0 Å². The van der Waals surface area contributed by atoms with Gasteiger partial charge in [0.05, 0.1) is 11.8 Å². The van der Waals surface area contributed by atoms with Gasteiger partial charge >= 0.3 is 0 Å². The molecular weight excluding hydrogens is 269 g/mol. The zero-order valence-electron chi connectivity index (χ0n) is 12.6. The predicted octanol–water partition coefficient (Wildman–Crippen LogP) is 3.50. The van der Waals surface area contributed by atoms with E-state index >= 15 is 0 Å². The van der Waals surface area contributed by atoms with Crippen LogP contribution in [-0.2, 0) is 0 Å². The minimum atomic E-state index is -0.483. The van der Waals surface area contributed by atoms with Gasteiger partial charge in [0.2, 0.25) is 0 Å². The SMILES string of the molecule is CCCNc1ncc(F)cc1C(=O)NC1CCCCCC1. The molecule has 0 aromatic carbocycles. The van der Waals surface area contributed by atoms with Crippen molar-refractivity contribution in [1.29, 1.82) is 0 Å². The first kappa shape index (κ1) is 15.7. The lowest BCUT2D eigenvalue weighted by molar-refractivity contribution is 0.0933. The van der Waals surface area contributed by atoms with E-state index in [-0.39, 0.29) is 11.9 Å². The van der Waals surface area contributed by atoms with Gasteiger partial charge < -0.3 is 10.6 Å². The maximum atomic E-state index is 13.4. The highest BCUT2D eigenvalue weighted by molar-refractivity contribution is 5.98. The van der Waals surface area contributed by atoms with Crippen LogP contribution in [0.2, 0.25) is 0 Å². The Hall–Kier alpha value is -1.65. The summed E-state index contributed by atoms with van der Waals surface area (Å²) in [6, 6.07) is 1.46. The Morgan fingerprint density at radius 2 is 2.05 bits per heavy atom. The van der Waals surface area contributed by atoms with Gasteiger partial charge in [-0.05, 0) is 25.3 Å². The zero-order chi connectivity index (χ0) is 15.1. The molecule has 1 fully saturated rings. The highest BCUT2D eigenvalue weighted by Crippen LogP contribution is 2.19. The van der Waals surface area contributed by atoms with E-state index in [9.17, 15) is 9.18 Å². The Morgan fingerprint density at radius 1 is 1.33 bits per heavy atom. The van der Waals surface area contributed by atoms with E-state index < -0.39 is 5.82 Å². The van der Waals surface area contributed by atoms with Crippen LogP contribution in [0.4, 0.5) is 10.2 Å². The summed E-state index contributed by atoms with van der Waals surface area (Å²) in [6.45, 7) is 2.74. The maximum absolute atomic E-state index is 13.4. The topological polar surface area (TPSA) is 54.0 Å². The second-order valence-corrected chi connectivity index (χ2v) is 5.64. The van der Waals surface area contributed by atoms with Crippen LogP contribution in [0.15, 0.2) is 12.3 Å². The van der Waals surface area contributed by atoms with Crippen LogP contribution in [0.5, 0.6) is 0 Å². The number of carbonyl (C=O) groups is 1. The molecule has 2 rings (SSSR count). The Kier molecular flexibility index (Phi) is 5.96. The van der Waals surface area contributed by atoms with E-state index in [2.05, 4.69) is 15.6 Å².